The Bertz CT molecular complexity index is 442. The molecule has 0 spiro atoms. The number of nitrogens with zero attached hydrogens (tertiary/aromatic N) is 2. The Morgan fingerprint density at radius 1 is 1.00 bits per heavy atom. The molecule has 1 unspecified atom stereocenters. The Balaban J connectivity index is 1.57. The number of amides is 2. The lowest BCUT2D eigenvalue weighted by Gasteiger charge is -2.36. The van der Waals surface area contributed by atoms with Crippen molar-refractivity contribution in [3.8, 4) is 0 Å². The first-order valence-corrected chi connectivity index (χ1v) is 7.68. The summed E-state index contributed by atoms with van der Waals surface area (Å²) in [4.78, 5) is 16.5. The fourth-order valence-electron chi connectivity index (χ4n) is 3.15. The van der Waals surface area contributed by atoms with Crippen LogP contribution in [0.15, 0.2) is 30.3 Å². The van der Waals surface area contributed by atoms with Crippen LogP contribution in [0.1, 0.15) is 25.7 Å². The van der Waals surface area contributed by atoms with Gasteiger partial charge in [-0.3, -0.25) is 0 Å². The van der Waals surface area contributed by atoms with Crippen LogP contribution in [-0.2, 0) is 0 Å². The minimum atomic E-state index is 0.238. The lowest BCUT2D eigenvalue weighted by molar-refractivity contribution is 0.149. The van der Waals surface area contributed by atoms with Crippen LogP contribution in [0.5, 0.6) is 0 Å². The van der Waals surface area contributed by atoms with E-state index < -0.39 is 0 Å². The molecular weight excluding hydrogens is 250 g/mol. The molecule has 2 aliphatic rings. The number of para-hydroxylation sites is 1. The molecule has 2 fully saturated rings. The molecule has 1 aromatic carbocycles. The van der Waals surface area contributed by atoms with Gasteiger partial charge >= 0.3 is 6.03 Å². The molecule has 1 N–H and O–H groups in total. The monoisotopic (exact) mass is 273 g/mol. The topological polar surface area (TPSA) is 35.6 Å². The number of anilines is 1. The SMILES string of the molecule is O=C(N1CCCC1)N1CCCC(Nc2ccccc2)C1. The van der Waals surface area contributed by atoms with Crippen LogP contribution < -0.4 is 5.32 Å². The van der Waals surface area contributed by atoms with E-state index in [4.69, 9.17) is 0 Å². The molecule has 2 amide bonds. The van der Waals surface area contributed by atoms with Gasteiger partial charge in [0.2, 0.25) is 0 Å². The Labute approximate surface area is 120 Å². The van der Waals surface area contributed by atoms with Crippen LogP contribution >= 0.6 is 0 Å². The summed E-state index contributed by atoms with van der Waals surface area (Å²) >= 11 is 0. The van der Waals surface area contributed by atoms with Crippen LogP contribution in [0, 0.1) is 0 Å². The molecule has 0 saturated carbocycles. The van der Waals surface area contributed by atoms with E-state index in [9.17, 15) is 4.79 Å². The molecule has 0 aliphatic carbocycles. The Hall–Kier alpha value is -1.71. The highest BCUT2D eigenvalue weighted by molar-refractivity contribution is 5.75. The Morgan fingerprint density at radius 3 is 2.45 bits per heavy atom. The minimum Gasteiger partial charge on any atom is -0.381 e. The number of carbonyl (C=O) groups is 1. The lowest BCUT2D eigenvalue weighted by Crippen LogP contribution is -2.49. The Morgan fingerprint density at radius 2 is 1.70 bits per heavy atom. The molecule has 0 radical (unpaired) electrons. The van der Waals surface area contributed by atoms with E-state index in [1.54, 1.807) is 0 Å². The predicted octanol–water partition coefficient (Wildman–Crippen LogP) is 2.78. The number of piperidine rings is 1. The van der Waals surface area contributed by atoms with Gasteiger partial charge in [-0.25, -0.2) is 4.79 Å². The highest BCUT2D eigenvalue weighted by Gasteiger charge is 2.28. The van der Waals surface area contributed by atoms with Crippen LogP contribution in [0.2, 0.25) is 0 Å². The number of carbonyl (C=O) groups excluding carboxylic acids is 1. The van der Waals surface area contributed by atoms with Crippen LogP contribution in [0.25, 0.3) is 0 Å². The third kappa shape index (κ3) is 3.06. The summed E-state index contributed by atoms with van der Waals surface area (Å²) in [5, 5.41) is 3.54. The second kappa shape index (κ2) is 6.16. The molecule has 2 heterocycles. The highest BCUT2D eigenvalue weighted by Crippen LogP contribution is 2.18. The molecule has 20 heavy (non-hydrogen) atoms. The van der Waals surface area contributed by atoms with Gasteiger partial charge in [0, 0.05) is 37.9 Å². The van der Waals surface area contributed by atoms with E-state index in [0.29, 0.717) is 6.04 Å². The van der Waals surface area contributed by atoms with Crippen LogP contribution in [0.4, 0.5) is 10.5 Å². The van der Waals surface area contributed by atoms with Crippen molar-refractivity contribution in [1.82, 2.24) is 9.80 Å². The van der Waals surface area contributed by atoms with Crippen molar-refractivity contribution in [2.45, 2.75) is 31.7 Å². The summed E-state index contributed by atoms with van der Waals surface area (Å²) in [7, 11) is 0. The van der Waals surface area contributed by atoms with Crippen molar-refractivity contribution in [3.05, 3.63) is 30.3 Å². The second-order valence-corrected chi connectivity index (χ2v) is 5.77. The van der Waals surface area contributed by atoms with Crippen molar-refractivity contribution in [1.29, 1.82) is 0 Å². The number of urea groups is 1. The molecule has 2 saturated heterocycles. The largest absolute Gasteiger partial charge is 0.381 e. The molecule has 3 rings (SSSR count). The number of nitrogens with one attached hydrogen (secondary N) is 1. The normalized spacial score (nSPS) is 22.9. The van der Waals surface area contributed by atoms with Gasteiger partial charge in [0.05, 0.1) is 0 Å². The van der Waals surface area contributed by atoms with E-state index in [1.165, 1.54) is 0 Å². The summed E-state index contributed by atoms with van der Waals surface area (Å²) < 4.78 is 0. The van der Waals surface area contributed by atoms with Gasteiger partial charge in [-0.05, 0) is 37.8 Å². The fourth-order valence-corrected chi connectivity index (χ4v) is 3.15. The quantitative estimate of drug-likeness (QED) is 0.899. The Kier molecular flexibility index (Phi) is 4.09. The maximum atomic E-state index is 12.4. The molecule has 108 valence electrons. The van der Waals surface area contributed by atoms with Crippen molar-refractivity contribution < 1.29 is 4.79 Å². The fraction of sp³-hybridized carbons (Fsp3) is 0.562. The van der Waals surface area contributed by atoms with Gasteiger partial charge < -0.3 is 15.1 Å². The molecule has 1 atom stereocenters. The molecule has 0 bridgehead atoms. The first kappa shape index (κ1) is 13.3. The third-order valence-corrected chi connectivity index (χ3v) is 4.21. The van der Waals surface area contributed by atoms with E-state index in [0.717, 1.165) is 57.5 Å². The van der Waals surface area contributed by atoms with E-state index in [1.807, 2.05) is 28.0 Å². The zero-order valence-electron chi connectivity index (χ0n) is 11.9. The maximum Gasteiger partial charge on any atom is 0.320 e. The van der Waals surface area contributed by atoms with Gasteiger partial charge in [-0.1, -0.05) is 18.2 Å². The average Bonchev–Trinajstić information content (AvgIpc) is 3.02. The molecule has 2 aliphatic heterocycles. The molecule has 4 heteroatoms. The number of benzene rings is 1. The number of likely N-dealkylation sites (tertiary alicyclic amines) is 2. The van der Waals surface area contributed by atoms with E-state index in [2.05, 4.69) is 17.4 Å². The van der Waals surface area contributed by atoms with E-state index >= 15 is 0 Å². The van der Waals surface area contributed by atoms with Gasteiger partial charge in [-0.15, -0.1) is 0 Å². The smallest absolute Gasteiger partial charge is 0.320 e. The van der Waals surface area contributed by atoms with Gasteiger partial charge in [0.25, 0.3) is 0 Å². The number of hydrogen-bond acceptors (Lipinski definition) is 2. The summed E-state index contributed by atoms with van der Waals surface area (Å²) in [6.07, 6.45) is 4.54. The third-order valence-electron chi connectivity index (χ3n) is 4.21. The lowest BCUT2D eigenvalue weighted by atomic mass is 10.1. The van der Waals surface area contributed by atoms with E-state index in [-0.39, 0.29) is 6.03 Å². The maximum absolute atomic E-state index is 12.4. The summed E-state index contributed by atoms with van der Waals surface area (Å²) in [5.41, 5.74) is 1.15. The van der Waals surface area contributed by atoms with Crippen molar-refractivity contribution >= 4 is 11.7 Å². The van der Waals surface area contributed by atoms with Crippen LogP contribution in [0.3, 0.4) is 0 Å². The van der Waals surface area contributed by atoms with Gasteiger partial charge in [0.15, 0.2) is 0 Å². The van der Waals surface area contributed by atoms with Gasteiger partial charge in [0.1, 0.15) is 0 Å². The average molecular weight is 273 g/mol. The van der Waals surface area contributed by atoms with Gasteiger partial charge in [-0.2, -0.15) is 0 Å². The number of hydrogen-bond donors (Lipinski definition) is 1. The zero-order valence-corrected chi connectivity index (χ0v) is 11.9. The molecule has 4 nitrogen and oxygen atoms in total. The zero-order chi connectivity index (χ0) is 13.8. The van der Waals surface area contributed by atoms with Crippen molar-refractivity contribution in [2.75, 3.05) is 31.5 Å². The second-order valence-electron chi connectivity index (χ2n) is 5.77. The number of rotatable bonds is 2. The molecular formula is C16H23N3O. The summed E-state index contributed by atoms with van der Waals surface area (Å²) in [6, 6.07) is 10.9. The van der Waals surface area contributed by atoms with Crippen LogP contribution in [-0.4, -0.2) is 48.1 Å². The first-order chi connectivity index (χ1) is 9.83. The van der Waals surface area contributed by atoms with Crippen molar-refractivity contribution in [2.24, 2.45) is 0 Å². The summed E-state index contributed by atoms with van der Waals surface area (Å²) in [6.45, 7) is 3.60. The molecule has 0 aromatic heterocycles. The van der Waals surface area contributed by atoms with Crippen molar-refractivity contribution in [3.63, 3.8) is 0 Å². The predicted molar refractivity (Wildman–Crippen MR) is 80.9 cm³/mol. The summed E-state index contributed by atoms with van der Waals surface area (Å²) in [5.74, 6) is 0. The molecule has 1 aromatic rings. The highest BCUT2D eigenvalue weighted by atomic mass is 16.2. The first-order valence-electron chi connectivity index (χ1n) is 7.68. The standard InChI is InChI=1S/C16H23N3O/c20-16(18-10-4-5-11-18)19-12-6-9-15(13-19)17-14-7-2-1-3-8-14/h1-3,7-8,15,17H,4-6,9-13H2. The minimum absolute atomic E-state index is 0.238.